The summed E-state index contributed by atoms with van der Waals surface area (Å²) in [6, 6.07) is 6.24. The zero-order valence-corrected chi connectivity index (χ0v) is 16.5. The van der Waals surface area contributed by atoms with E-state index < -0.39 is 0 Å². The number of ketones is 1. The summed E-state index contributed by atoms with van der Waals surface area (Å²) >= 11 is 3.32. The summed E-state index contributed by atoms with van der Waals surface area (Å²) in [4.78, 5) is 17.8. The minimum atomic E-state index is 0.123. The molecule has 25 heavy (non-hydrogen) atoms. The lowest BCUT2D eigenvalue weighted by Crippen LogP contribution is -2.05. The van der Waals surface area contributed by atoms with Gasteiger partial charge in [0, 0.05) is 22.6 Å². The van der Waals surface area contributed by atoms with E-state index >= 15 is 0 Å². The van der Waals surface area contributed by atoms with Gasteiger partial charge in [-0.05, 0) is 61.4 Å². The van der Waals surface area contributed by atoms with Crippen LogP contribution < -0.4 is 0 Å². The second-order valence-electron chi connectivity index (χ2n) is 6.15. The average molecular weight is 372 g/mol. The molecule has 0 aliphatic carbocycles. The lowest BCUT2D eigenvalue weighted by atomic mass is 9.92. The predicted molar refractivity (Wildman–Crippen MR) is 104 cm³/mol. The summed E-state index contributed by atoms with van der Waals surface area (Å²) < 4.78 is 0. The van der Waals surface area contributed by atoms with E-state index in [2.05, 4.69) is 39.6 Å². The number of hydrogen-bond donors (Lipinski definition) is 1. The molecule has 0 unspecified atom stereocenters. The first-order valence-electron chi connectivity index (χ1n) is 8.12. The van der Waals surface area contributed by atoms with Crippen LogP contribution in [0.4, 0.5) is 0 Å². The van der Waals surface area contributed by atoms with E-state index in [9.17, 15) is 4.79 Å². The number of aryl methyl sites for hydroxylation is 2. The van der Waals surface area contributed by atoms with Gasteiger partial charge in [-0.3, -0.25) is 9.89 Å². The maximum atomic E-state index is 11.9. The molecule has 6 heteroatoms. The molecule has 0 aliphatic rings. The van der Waals surface area contributed by atoms with Gasteiger partial charge in [0.1, 0.15) is 5.82 Å². The molecule has 0 spiro atoms. The Labute approximate surface area is 156 Å². The molecule has 1 aromatic carbocycles. The lowest BCUT2D eigenvalue weighted by molar-refractivity contribution is 0.101. The van der Waals surface area contributed by atoms with Crippen molar-refractivity contribution in [2.45, 2.75) is 45.0 Å². The van der Waals surface area contributed by atoms with E-state index in [4.69, 9.17) is 0 Å². The summed E-state index contributed by atoms with van der Waals surface area (Å²) in [7, 11) is 0. The number of carbonyl (C=O) groups is 1. The highest BCUT2D eigenvalue weighted by molar-refractivity contribution is 7.98. The standard InChI is InChI=1S/C19H21N3OS2/c1-11-8-12(2)18(14(4)23)13(3)16(11)10-25-19-20-17(21-22-19)9-15-6-5-7-24-15/h5-8H,9-10H2,1-4H3,(H,20,21,22). The molecule has 2 aromatic heterocycles. The van der Waals surface area contributed by atoms with Gasteiger partial charge >= 0.3 is 0 Å². The third kappa shape index (κ3) is 4.02. The summed E-state index contributed by atoms with van der Waals surface area (Å²) in [6.07, 6.45) is 0.780. The van der Waals surface area contributed by atoms with Crippen molar-refractivity contribution in [2.75, 3.05) is 0 Å². The number of aromatic amines is 1. The van der Waals surface area contributed by atoms with E-state index in [0.29, 0.717) is 0 Å². The van der Waals surface area contributed by atoms with Crippen LogP contribution in [-0.2, 0) is 12.2 Å². The average Bonchev–Trinajstić information content (AvgIpc) is 3.18. The van der Waals surface area contributed by atoms with Gasteiger partial charge in [-0.15, -0.1) is 16.4 Å². The van der Waals surface area contributed by atoms with Crippen LogP contribution in [0.1, 0.15) is 50.2 Å². The second-order valence-corrected chi connectivity index (χ2v) is 8.13. The van der Waals surface area contributed by atoms with Crippen molar-refractivity contribution in [3.05, 3.63) is 62.1 Å². The topological polar surface area (TPSA) is 58.6 Å². The fraction of sp³-hybridized carbons (Fsp3) is 0.316. The first kappa shape index (κ1) is 17.9. The van der Waals surface area contributed by atoms with Gasteiger partial charge in [-0.2, -0.15) is 0 Å². The summed E-state index contributed by atoms with van der Waals surface area (Å²) in [5.74, 6) is 1.76. The number of rotatable bonds is 6. The van der Waals surface area contributed by atoms with Crippen molar-refractivity contribution in [1.82, 2.24) is 15.2 Å². The molecule has 2 heterocycles. The van der Waals surface area contributed by atoms with E-state index in [1.54, 1.807) is 30.0 Å². The van der Waals surface area contributed by atoms with Gasteiger partial charge in [-0.1, -0.05) is 23.9 Å². The Morgan fingerprint density at radius 3 is 2.76 bits per heavy atom. The first-order valence-corrected chi connectivity index (χ1v) is 9.99. The Hall–Kier alpha value is -1.92. The number of nitrogens with zero attached hydrogens (tertiary/aromatic N) is 2. The van der Waals surface area contributed by atoms with Gasteiger partial charge in [0.2, 0.25) is 5.16 Å². The largest absolute Gasteiger partial charge is 0.294 e. The number of carbonyl (C=O) groups excluding carboxylic acids is 1. The number of H-pyrrole nitrogens is 1. The number of benzene rings is 1. The van der Waals surface area contributed by atoms with Crippen LogP contribution in [0.2, 0.25) is 0 Å². The van der Waals surface area contributed by atoms with Crippen molar-refractivity contribution in [3.63, 3.8) is 0 Å². The monoisotopic (exact) mass is 371 g/mol. The van der Waals surface area contributed by atoms with Crippen LogP contribution in [0.15, 0.2) is 28.7 Å². The molecule has 0 saturated heterocycles. The highest BCUT2D eigenvalue weighted by Crippen LogP contribution is 2.28. The smallest absolute Gasteiger partial charge is 0.208 e. The molecular formula is C19H21N3OS2. The third-order valence-electron chi connectivity index (χ3n) is 4.26. The fourth-order valence-electron chi connectivity index (χ4n) is 3.13. The highest BCUT2D eigenvalue weighted by atomic mass is 32.2. The molecule has 0 saturated carbocycles. The summed E-state index contributed by atoms with van der Waals surface area (Å²) in [5, 5.41) is 10.1. The van der Waals surface area contributed by atoms with Gasteiger partial charge in [0.15, 0.2) is 5.78 Å². The van der Waals surface area contributed by atoms with Gasteiger partial charge in [0.25, 0.3) is 0 Å². The van der Waals surface area contributed by atoms with Crippen LogP contribution in [-0.4, -0.2) is 21.0 Å². The highest BCUT2D eigenvalue weighted by Gasteiger charge is 2.15. The van der Waals surface area contributed by atoms with Gasteiger partial charge < -0.3 is 0 Å². The number of Topliss-reactive ketones (excluding diaryl/α,β-unsaturated/α-hetero) is 1. The number of nitrogens with one attached hydrogen (secondary N) is 1. The molecule has 130 valence electrons. The molecule has 0 fully saturated rings. The Morgan fingerprint density at radius 2 is 2.08 bits per heavy atom. The van der Waals surface area contributed by atoms with E-state index in [1.165, 1.54) is 16.0 Å². The van der Waals surface area contributed by atoms with Crippen molar-refractivity contribution in [3.8, 4) is 0 Å². The zero-order valence-electron chi connectivity index (χ0n) is 14.8. The van der Waals surface area contributed by atoms with Crippen LogP contribution in [0.5, 0.6) is 0 Å². The number of aromatic nitrogens is 3. The zero-order chi connectivity index (χ0) is 18.0. The van der Waals surface area contributed by atoms with Crippen molar-refractivity contribution >= 4 is 28.9 Å². The second kappa shape index (κ2) is 7.54. The molecule has 0 aliphatic heterocycles. The third-order valence-corrected chi connectivity index (χ3v) is 6.01. The Kier molecular flexibility index (Phi) is 5.39. The molecule has 1 N–H and O–H groups in total. The van der Waals surface area contributed by atoms with E-state index in [1.807, 2.05) is 19.9 Å². The van der Waals surface area contributed by atoms with Crippen LogP contribution >= 0.6 is 23.1 Å². The number of thioether (sulfide) groups is 1. The Balaban J connectivity index is 1.75. The number of hydrogen-bond acceptors (Lipinski definition) is 5. The van der Waals surface area contributed by atoms with Crippen LogP contribution in [0.3, 0.4) is 0 Å². The minimum absolute atomic E-state index is 0.123. The molecule has 0 bridgehead atoms. The fourth-order valence-corrected chi connectivity index (χ4v) is 4.84. The van der Waals surface area contributed by atoms with Gasteiger partial charge in [-0.25, -0.2) is 4.98 Å². The van der Waals surface area contributed by atoms with Crippen molar-refractivity contribution < 1.29 is 4.79 Å². The molecule has 3 aromatic rings. The minimum Gasteiger partial charge on any atom is -0.294 e. The lowest BCUT2D eigenvalue weighted by Gasteiger charge is -2.15. The van der Waals surface area contributed by atoms with Crippen molar-refractivity contribution in [1.29, 1.82) is 0 Å². The van der Waals surface area contributed by atoms with Crippen LogP contribution in [0, 0.1) is 20.8 Å². The molecule has 0 atom stereocenters. The molecule has 3 rings (SSSR count). The van der Waals surface area contributed by atoms with E-state index in [-0.39, 0.29) is 5.78 Å². The maximum absolute atomic E-state index is 11.9. The van der Waals surface area contributed by atoms with Crippen molar-refractivity contribution in [2.24, 2.45) is 0 Å². The van der Waals surface area contributed by atoms with E-state index in [0.717, 1.165) is 39.8 Å². The normalized spacial score (nSPS) is 11.0. The summed E-state index contributed by atoms with van der Waals surface area (Å²) in [6.45, 7) is 7.76. The Morgan fingerprint density at radius 1 is 1.28 bits per heavy atom. The summed E-state index contributed by atoms with van der Waals surface area (Å²) in [5.41, 5.74) is 5.38. The quantitative estimate of drug-likeness (QED) is 0.496. The number of thiophene rings is 1. The van der Waals surface area contributed by atoms with Gasteiger partial charge in [0.05, 0.1) is 0 Å². The predicted octanol–water partition coefficient (Wildman–Crippen LogP) is 4.88. The molecule has 4 nitrogen and oxygen atoms in total. The van der Waals surface area contributed by atoms with Crippen LogP contribution in [0.25, 0.3) is 0 Å². The molecule has 0 amide bonds. The Bertz CT molecular complexity index is 898. The molecule has 0 radical (unpaired) electrons. The SMILES string of the molecule is CC(=O)c1c(C)cc(C)c(CSc2n[nH]c(Cc3cccs3)n2)c1C. The maximum Gasteiger partial charge on any atom is 0.208 e. The molecular weight excluding hydrogens is 350 g/mol. The first-order chi connectivity index (χ1) is 12.0.